The first kappa shape index (κ1) is 12.2. The van der Waals surface area contributed by atoms with E-state index in [-0.39, 0.29) is 23.5 Å². The average molecular weight is 249 g/mol. The van der Waals surface area contributed by atoms with Crippen molar-refractivity contribution in [2.75, 3.05) is 6.54 Å². The lowest BCUT2D eigenvalue weighted by molar-refractivity contribution is -0.124. The second kappa shape index (κ2) is 5.87. The Kier molecular flexibility index (Phi) is 4.20. The van der Waals surface area contributed by atoms with Gasteiger partial charge in [-0.15, -0.1) is 0 Å². The summed E-state index contributed by atoms with van der Waals surface area (Å²) in [5.74, 6) is 0.861. The van der Waals surface area contributed by atoms with Crippen LogP contribution in [0.1, 0.15) is 18.4 Å². The molecule has 1 aliphatic rings. The van der Waals surface area contributed by atoms with Crippen LogP contribution < -0.4 is 5.32 Å². The highest BCUT2D eigenvalue weighted by Gasteiger charge is 2.29. The maximum absolute atomic E-state index is 11.5. The minimum absolute atomic E-state index is 0.0165. The number of hydrogen-bond acceptors (Lipinski definition) is 3. The molecule has 0 bridgehead atoms. The van der Waals surface area contributed by atoms with Crippen LogP contribution in [0.4, 0.5) is 0 Å². The molecule has 90 valence electrons. The van der Waals surface area contributed by atoms with Gasteiger partial charge in [0.2, 0.25) is 11.0 Å². The van der Waals surface area contributed by atoms with E-state index < -0.39 is 0 Å². The molecule has 1 aromatic rings. The highest BCUT2D eigenvalue weighted by molar-refractivity contribution is 8.13. The van der Waals surface area contributed by atoms with Crippen molar-refractivity contribution in [1.82, 2.24) is 5.32 Å². The molecule has 3 nitrogen and oxygen atoms in total. The fourth-order valence-corrected chi connectivity index (χ4v) is 2.13. The molecule has 0 saturated heterocycles. The van der Waals surface area contributed by atoms with E-state index in [4.69, 9.17) is 0 Å². The molecule has 4 heteroatoms. The quantitative estimate of drug-likeness (QED) is 0.868. The van der Waals surface area contributed by atoms with Gasteiger partial charge in [0, 0.05) is 11.7 Å². The second-order valence-electron chi connectivity index (χ2n) is 4.14. The summed E-state index contributed by atoms with van der Waals surface area (Å²) in [5.41, 5.74) is 1.12. The van der Waals surface area contributed by atoms with Gasteiger partial charge in [0.05, 0.1) is 6.54 Å². The minimum atomic E-state index is 0.0165. The molecule has 1 amide bonds. The van der Waals surface area contributed by atoms with Gasteiger partial charge in [-0.1, -0.05) is 42.1 Å². The van der Waals surface area contributed by atoms with Crippen LogP contribution in [-0.4, -0.2) is 17.6 Å². The third-order valence-electron chi connectivity index (χ3n) is 2.60. The molecule has 0 radical (unpaired) electrons. The Balaban J connectivity index is 1.65. The van der Waals surface area contributed by atoms with Gasteiger partial charge in [-0.05, 0) is 18.4 Å². The Bertz CT molecular complexity index is 401. The van der Waals surface area contributed by atoms with Crippen molar-refractivity contribution in [2.24, 2.45) is 5.92 Å². The maximum Gasteiger partial charge on any atom is 0.223 e. The Labute approximate surface area is 105 Å². The molecular formula is C13H15NO2S. The van der Waals surface area contributed by atoms with Gasteiger partial charge >= 0.3 is 0 Å². The molecule has 0 aromatic heterocycles. The first-order valence-corrected chi connectivity index (χ1v) is 6.71. The standard InChI is InChI=1S/C13H15NO2S/c15-12(8-14-13(16)11-6-7-11)17-9-10-4-2-1-3-5-10/h1-5,11H,6-9H2,(H,14,16). The zero-order valence-electron chi connectivity index (χ0n) is 9.52. The first-order valence-electron chi connectivity index (χ1n) is 5.73. The number of rotatable bonds is 5. The summed E-state index contributed by atoms with van der Waals surface area (Å²) in [6.45, 7) is 0.146. The van der Waals surface area contributed by atoms with Crippen LogP contribution in [0.2, 0.25) is 0 Å². The zero-order chi connectivity index (χ0) is 12.1. The van der Waals surface area contributed by atoms with Crippen LogP contribution >= 0.6 is 11.8 Å². The molecule has 1 aliphatic carbocycles. The molecule has 0 spiro atoms. The van der Waals surface area contributed by atoms with Crippen LogP contribution in [0.25, 0.3) is 0 Å². The lowest BCUT2D eigenvalue weighted by Crippen LogP contribution is -2.29. The summed E-state index contributed by atoms with van der Waals surface area (Å²) in [4.78, 5) is 22.8. The molecule has 0 atom stereocenters. The Hall–Kier alpha value is -1.29. The third-order valence-corrected chi connectivity index (χ3v) is 3.54. The summed E-state index contributed by atoms with van der Waals surface area (Å²) in [6.07, 6.45) is 1.94. The van der Waals surface area contributed by atoms with E-state index in [1.54, 1.807) is 0 Å². The minimum Gasteiger partial charge on any atom is -0.348 e. The van der Waals surface area contributed by atoms with Gasteiger partial charge in [-0.2, -0.15) is 0 Å². The van der Waals surface area contributed by atoms with Crippen LogP contribution in [-0.2, 0) is 15.3 Å². The fourth-order valence-electron chi connectivity index (χ4n) is 1.44. The van der Waals surface area contributed by atoms with Crippen LogP contribution in [0.15, 0.2) is 30.3 Å². The normalized spacial score (nSPS) is 14.4. The van der Waals surface area contributed by atoms with Crippen molar-refractivity contribution >= 4 is 22.8 Å². The highest BCUT2D eigenvalue weighted by Crippen LogP contribution is 2.28. The van der Waals surface area contributed by atoms with Crippen molar-refractivity contribution in [2.45, 2.75) is 18.6 Å². The van der Waals surface area contributed by atoms with E-state index in [1.807, 2.05) is 30.3 Å². The summed E-state index contributed by atoms with van der Waals surface area (Å²) in [6, 6.07) is 9.84. The number of carbonyl (C=O) groups is 2. The number of nitrogens with one attached hydrogen (secondary N) is 1. The molecule has 2 rings (SSSR count). The summed E-state index contributed by atoms with van der Waals surface area (Å²) in [7, 11) is 0. The topological polar surface area (TPSA) is 46.2 Å². The van der Waals surface area contributed by atoms with Gasteiger partial charge in [0.15, 0.2) is 0 Å². The van der Waals surface area contributed by atoms with Crippen LogP contribution in [0.3, 0.4) is 0 Å². The smallest absolute Gasteiger partial charge is 0.223 e. The van der Waals surface area contributed by atoms with Gasteiger partial charge in [-0.3, -0.25) is 9.59 Å². The number of carbonyl (C=O) groups excluding carboxylic acids is 2. The lowest BCUT2D eigenvalue weighted by atomic mass is 10.2. The lowest BCUT2D eigenvalue weighted by Gasteiger charge is -2.03. The van der Waals surface area contributed by atoms with E-state index in [9.17, 15) is 9.59 Å². The molecule has 0 heterocycles. The van der Waals surface area contributed by atoms with E-state index >= 15 is 0 Å². The monoisotopic (exact) mass is 249 g/mol. The highest BCUT2D eigenvalue weighted by atomic mass is 32.2. The summed E-state index contributed by atoms with van der Waals surface area (Å²) in [5, 5.41) is 2.69. The van der Waals surface area contributed by atoms with Crippen LogP contribution in [0, 0.1) is 5.92 Å². The second-order valence-corrected chi connectivity index (χ2v) is 5.17. The fraction of sp³-hybridized carbons (Fsp3) is 0.385. The first-order chi connectivity index (χ1) is 8.25. The van der Waals surface area contributed by atoms with Crippen molar-refractivity contribution in [3.8, 4) is 0 Å². The zero-order valence-corrected chi connectivity index (χ0v) is 10.3. The van der Waals surface area contributed by atoms with Gasteiger partial charge < -0.3 is 5.32 Å². The Morgan fingerprint density at radius 2 is 1.94 bits per heavy atom. The number of amides is 1. The Morgan fingerprint density at radius 1 is 1.24 bits per heavy atom. The number of benzene rings is 1. The molecule has 1 N–H and O–H groups in total. The molecule has 0 aliphatic heterocycles. The van der Waals surface area contributed by atoms with E-state index in [0.717, 1.165) is 18.4 Å². The van der Waals surface area contributed by atoms with Crippen molar-refractivity contribution in [3.05, 3.63) is 35.9 Å². The van der Waals surface area contributed by atoms with Gasteiger partial charge in [-0.25, -0.2) is 0 Å². The molecule has 1 saturated carbocycles. The summed E-state index contributed by atoms with van der Waals surface area (Å²) >= 11 is 1.25. The predicted molar refractivity (Wildman–Crippen MR) is 68.5 cm³/mol. The van der Waals surface area contributed by atoms with Crippen molar-refractivity contribution < 1.29 is 9.59 Å². The van der Waals surface area contributed by atoms with Crippen molar-refractivity contribution in [1.29, 1.82) is 0 Å². The third kappa shape index (κ3) is 4.23. The molecule has 1 aromatic carbocycles. The van der Waals surface area contributed by atoms with Gasteiger partial charge in [0.25, 0.3) is 0 Å². The predicted octanol–water partition coefficient (Wildman–Crippen LogP) is 1.97. The van der Waals surface area contributed by atoms with E-state index in [1.165, 1.54) is 11.8 Å². The maximum atomic E-state index is 11.5. The van der Waals surface area contributed by atoms with Crippen LogP contribution in [0.5, 0.6) is 0 Å². The van der Waals surface area contributed by atoms with Crippen molar-refractivity contribution in [3.63, 3.8) is 0 Å². The Morgan fingerprint density at radius 3 is 2.59 bits per heavy atom. The van der Waals surface area contributed by atoms with Gasteiger partial charge in [0.1, 0.15) is 0 Å². The molecular weight excluding hydrogens is 234 g/mol. The molecule has 17 heavy (non-hydrogen) atoms. The molecule has 0 unspecified atom stereocenters. The molecule has 1 fully saturated rings. The largest absolute Gasteiger partial charge is 0.348 e. The van der Waals surface area contributed by atoms with E-state index in [2.05, 4.69) is 5.32 Å². The SMILES string of the molecule is O=C(CNC(=O)C1CC1)SCc1ccccc1. The number of hydrogen-bond donors (Lipinski definition) is 1. The number of thioether (sulfide) groups is 1. The summed E-state index contributed by atoms with van der Waals surface area (Å²) < 4.78 is 0. The average Bonchev–Trinajstić information content (AvgIpc) is 3.19. The van der Waals surface area contributed by atoms with E-state index in [0.29, 0.717) is 5.75 Å².